The third-order valence-corrected chi connectivity index (χ3v) is 3.54. The molecule has 2 aromatic carbocycles. The first kappa shape index (κ1) is 15.9. The van der Waals surface area contributed by atoms with E-state index in [1.807, 2.05) is 25.1 Å². The molecule has 2 rings (SSSR count). The predicted octanol–water partition coefficient (Wildman–Crippen LogP) is 4.44. The third-order valence-electron chi connectivity index (χ3n) is 2.93. The van der Waals surface area contributed by atoms with Gasteiger partial charge < -0.3 is 5.32 Å². The summed E-state index contributed by atoms with van der Waals surface area (Å²) in [6, 6.07) is 13.4. The molecule has 0 aromatic heterocycles. The summed E-state index contributed by atoms with van der Waals surface area (Å²) in [5.74, 6) is -0.911. The second-order valence-electron chi connectivity index (χ2n) is 4.66. The maximum Gasteiger partial charge on any atom is 0.266 e. The van der Waals surface area contributed by atoms with Crippen LogP contribution in [0.15, 0.2) is 52.5 Å². The molecule has 0 aliphatic rings. The molecule has 0 fully saturated rings. The highest BCUT2D eigenvalue weighted by Crippen LogP contribution is 2.19. The van der Waals surface area contributed by atoms with Gasteiger partial charge >= 0.3 is 0 Å². The Labute approximate surface area is 136 Å². The molecule has 0 saturated heterocycles. The topological polar surface area (TPSA) is 52.9 Å². The summed E-state index contributed by atoms with van der Waals surface area (Å²) in [4.78, 5) is 12.1. The Hall–Kier alpha value is -2.45. The molecule has 0 radical (unpaired) electrons. The standard InChI is InChI=1S/C17H12BrFN2O/c1-11-2-5-14(6-3-11)21-17(22)13(10-20)8-12-4-7-16(19)15(18)9-12/h2-9H,1H3,(H,21,22)/b13-8+. The maximum atomic E-state index is 13.2. The normalized spacial score (nSPS) is 10.9. The van der Waals surface area contributed by atoms with Crippen molar-refractivity contribution in [2.45, 2.75) is 6.92 Å². The highest BCUT2D eigenvalue weighted by molar-refractivity contribution is 9.10. The van der Waals surface area contributed by atoms with Crippen LogP contribution < -0.4 is 5.32 Å². The summed E-state index contributed by atoms with van der Waals surface area (Å²) in [7, 11) is 0. The van der Waals surface area contributed by atoms with E-state index in [4.69, 9.17) is 5.26 Å². The van der Waals surface area contributed by atoms with Gasteiger partial charge in [-0.1, -0.05) is 23.8 Å². The molecule has 1 N–H and O–H groups in total. The minimum absolute atomic E-state index is 0.0564. The van der Waals surface area contributed by atoms with Crippen molar-refractivity contribution in [3.8, 4) is 6.07 Å². The number of amides is 1. The van der Waals surface area contributed by atoms with Gasteiger partial charge in [0.1, 0.15) is 17.5 Å². The molecular formula is C17H12BrFN2O. The fourth-order valence-corrected chi connectivity index (χ4v) is 2.15. The average molecular weight is 359 g/mol. The Morgan fingerprint density at radius 2 is 1.95 bits per heavy atom. The Morgan fingerprint density at radius 1 is 1.27 bits per heavy atom. The number of hydrogen-bond donors (Lipinski definition) is 1. The zero-order valence-corrected chi connectivity index (χ0v) is 13.3. The highest BCUT2D eigenvalue weighted by atomic mass is 79.9. The van der Waals surface area contributed by atoms with Gasteiger partial charge in [0.05, 0.1) is 4.47 Å². The van der Waals surface area contributed by atoms with E-state index in [1.54, 1.807) is 12.1 Å². The molecule has 0 aliphatic carbocycles. The number of nitriles is 1. The summed E-state index contributed by atoms with van der Waals surface area (Å²) in [5, 5.41) is 11.8. The van der Waals surface area contributed by atoms with E-state index in [-0.39, 0.29) is 10.0 Å². The number of benzene rings is 2. The van der Waals surface area contributed by atoms with Crippen molar-refractivity contribution in [1.82, 2.24) is 0 Å². The van der Waals surface area contributed by atoms with Gasteiger partial charge in [0.15, 0.2) is 0 Å². The minimum Gasteiger partial charge on any atom is -0.321 e. The monoisotopic (exact) mass is 358 g/mol. The number of halogens is 2. The van der Waals surface area contributed by atoms with Crippen LogP contribution in [-0.2, 0) is 4.79 Å². The molecule has 0 bridgehead atoms. The average Bonchev–Trinajstić information content (AvgIpc) is 2.50. The van der Waals surface area contributed by atoms with Gasteiger partial charge in [-0.15, -0.1) is 0 Å². The van der Waals surface area contributed by atoms with Crippen LogP contribution in [0.25, 0.3) is 6.08 Å². The Morgan fingerprint density at radius 3 is 2.55 bits per heavy atom. The summed E-state index contributed by atoms with van der Waals surface area (Å²) < 4.78 is 13.5. The molecule has 3 nitrogen and oxygen atoms in total. The molecule has 5 heteroatoms. The van der Waals surface area contributed by atoms with Gasteiger partial charge in [-0.3, -0.25) is 4.79 Å². The zero-order valence-electron chi connectivity index (χ0n) is 11.7. The van der Waals surface area contributed by atoms with Crippen LogP contribution in [0, 0.1) is 24.1 Å². The Kier molecular flexibility index (Phi) is 5.08. The number of carbonyl (C=O) groups is 1. The van der Waals surface area contributed by atoms with E-state index in [1.165, 1.54) is 24.3 Å². The largest absolute Gasteiger partial charge is 0.321 e. The second-order valence-corrected chi connectivity index (χ2v) is 5.52. The van der Waals surface area contributed by atoms with Crippen LogP contribution in [0.5, 0.6) is 0 Å². The van der Waals surface area contributed by atoms with E-state index < -0.39 is 11.7 Å². The van der Waals surface area contributed by atoms with E-state index >= 15 is 0 Å². The van der Waals surface area contributed by atoms with Crippen molar-refractivity contribution in [2.24, 2.45) is 0 Å². The lowest BCUT2D eigenvalue weighted by molar-refractivity contribution is -0.112. The maximum absolute atomic E-state index is 13.2. The molecule has 0 unspecified atom stereocenters. The van der Waals surface area contributed by atoms with Crippen LogP contribution in [0.3, 0.4) is 0 Å². The number of carbonyl (C=O) groups excluding carboxylic acids is 1. The molecule has 0 saturated carbocycles. The lowest BCUT2D eigenvalue weighted by Crippen LogP contribution is -2.13. The Bertz CT molecular complexity index is 776. The lowest BCUT2D eigenvalue weighted by atomic mass is 10.1. The summed E-state index contributed by atoms with van der Waals surface area (Å²) in [5.41, 5.74) is 2.19. The highest BCUT2D eigenvalue weighted by Gasteiger charge is 2.10. The smallest absolute Gasteiger partial charge is 0.266 e. The van der Waals surface area contributed by atoms with Crippen molar-refractivity contribution in [1.29, 1.82) is 5.26 Å². The molecule has 1 amide bonds. The Balaban J connectivity index is 2.21. The van der Waals surface area contributed by atoms with Crippen LogP contribution in [-0.4, -0.2) is 5.91 Å². The van der Waals surface area contributed by atoms with Gasteiger partial charge in [-0.05, 0) is 58.8 Å². The lowest BCUT2D eigenvalue weighted by Gasteiger charge is -2.05. The fourth-order valence-electron chi connectivity index (χ4n) is 1.75. The van der Waals surface area contributed by atoms with Crippen LogP contribution >= 0.6 is 15.9 Å². The summed E-state index contributed by atoms with van der Waals surface area (Å²) in [6.45, 7) is 1.94. The minimum atomic E-state index is -0.508. The van der Waals surface area contributed by atoms with E-state index in [0.717, 1.165) is 5.56 Å². The van der Waals surface area contributed by atoms with E-state index in [9.17, 15) is 9.18 Å². The van der Waals surface area contributed by atoms with Gasteiger partial charge in [-0.2, -0.15) is 5.26 Å². The number of rotatable bonds is 3. The second kappa shape index (κ2) is 7.01. The molecular weight excluding hydrogens is 347 g/mol. The predicted molar refractivity (Wildman–Crippen MR) is 87.5 cm³/mol. The number of aryl methyl sites for hydroxylation is 1. The van der Waals surface area contributed by atoms with Crippen LogP contribution in [0.1, 0.15) is 11.1 Å². The van der Waals surface area contributed by atoms with Crippen molar-refractivity contribution < 1.29 is 9.18 Å². The van der Waals surface area contributed by atoms with Crippen molar-refractivity contribution >= 4 is 33.6 Å². The van der Waals surface area contributed by atoms with Crippen LogP contribution in [0.4, 0.5) is 10.1 Å². The van der Waals surface area contributed by atoms with Gasteiger partial charge in [0.2, 0.25) is 0 Å². The number of nitrogens with zero attached hydrogens (tertiary/aromatic N) is 1. The summed E-state index contributed by atoms with van der Waals surface area (Å²) >= 11 is 3.07. The first-order valence-electron chi connectivity index (χ1n) is 6.44. The van der Waals surface area contributed by atoms with Crippen molar-refractivity contribution in [3.63, 3.8) is 0 Å². The van der Waals surface area contributed by atoms with Gasteiger partial charge in [-0.25, -0.2) is 4.39 Å². The number of hydrogen-bond acceptors (Lipinski definition) is 2. The molecule has 0 heterocycles. The van der Waals surface area contributed by atoms with Gasteiger partial charge in [0.25, 0.3) is 5.91 Å². The molecule has 0 spiro atoms. The number of anilines is 1. The first-order valence-corrected chi connectivity index (χ1v) is 7.24. The summed E-state index contributed by atoms with van der Waals surface area (Å²) in [6.07, 6.45) is 1.41. The van der Waals surface area contributed by atoms with E-state index in [2.05, 4.69) is 21.2 Å². The van der Waals surface area contributed by atoms with Crippen LogP contribution in [0.2, 0.25) is 0 Å². The van der Waals surface area contributed by atoms with E-state index in [0.29, 0.717) is 11.3 Å². The molecule has 2 aromatic rings. The number of nitrogens with one attached hydrogen (secondary N) is 1. The first-order chi connectivity index (χ1) is 10.5. The molecule has 110 valence electrons. The molecule has 0 aliphatic heterocycles. The SMILES string of the molecule is Cc1ccc(NC(=O)/C(C#N)=C/c2ccc(F)c(Br)c2)cc1. The molecule has 22 heavy (non-hydrogen) atoms. The van der Waals surface area contributed by atoms with Crippen molar-refractivity contribution in [2.75, 3.05) is 5.32 Å². The molecule has 0 atom stereocenters. The third kappa shape index (κ3) is 4.03. The fraction of sp³-hybridized carbons (Fsp3) is 0.0588. The zero-order chi connectivity index (χ0) is 16.1. The quantitative estimate of drug-likeness (QED) is 0.651. The van der Waals surface area contributed by atoms with Gasteiger partial charge in [0, 0.05) is 5.69 Å². The van der Waals surface area contributed by atoms with Crippen molar-refractivity contribution in [3.05, 3.63) is 69.5 Å².